The van der Waals surface area contributed by atoms with Gasteiger partial charge in [-0.1, -0.05) is 11.6 Å². The summed E-state index contributed by atoms with van der Waals surface area (Å²) in [5.74, 6) is -1.90. The first-order chi connectivity index (χ1) is 9.77. The minimum absolute atomic E-state index is 0.0133. The van der Waals surface area contributed by atoms with Crippen molar-refractivity contribution < 1.29 is 18.0 Å². The molecule has 0 saturated heterocycles. The molecule has 1 N–H and O–H groups in total. The third-order valence-electron chi connectivity index (χ3n) is 3.87. The van der Waals surface area contributed by atoms with Crippen LogP contribution in [0.15, 0.2) is 12.1 Å². The van der Waals surface area contributed by atoms with E-state index in [4.69, 9.17) is 11.6 Å². The Hall–Kier alpha value is -1.30. The number of rotatable bonds is 2. The third kappa shape index (κ3) is 4.09. The molecule has 1 aromatic rings. The van der Waals surface area contributed by atoms with Crippen LogP contribution >= 0.6 is 11.6 Å². The molecule has 1 amide bonds. The summed E-state index contributed by atoms with van der Waals surface area (Å²) in [5, 5.41) is 3.05. The van der Waals surface area contributed by atoms with E-state index in [0.29, 0.717) is 16.5 Å². The Balaban J connectivity index is 1.93. The number of pyridine rings is 1. The standard InChI is InChI=1S/C14H16ClF3N2O/c1-8-11(6-7-12(15)19-8)20-13(21)9-2-4-10(5-3-9)14(16,17)18/h6-7,9-10H,2-5H2,1H3,(H,20,21). The fourth-order valence-electron chi connectivity index (χ4n) is 2.58. The Bertz CT molecular complexity index is 525. The molecule has 1 fully saturated rings. The SMILES string of the molecule is Cc1nc(Cl)ccc1NC(=O)C1CCC(C(F)(F)F)CC1. The summed E-state index contributed by atoms with van der Waals surface area (Å²) >= 11 is 5.73. The van der Waals surface area contributed by atoms with E-state index < -0.39 is 12.1 Å². The average Bonchev–Trinajstić information content (AvgIpc) is 2.41. The summed E-state index contributed by atoms with van der Waals surface area (Å²) in [6.07, 6.45) is -3.61. The van der Waals surface area contributed by atoms with Crippen LogP contribution in [0.1, 0.15) is 31.4 Å². The van der Waals surface area contributed by atoms with Crippen molar-refractivity contribution in [2.45, 2.75) is 38.8 Å². The Kier molecular flexibility index (Phi) is 4.76. The Labute approximate surface area is 125 Å². The maximum absolute atomic E-state index is 12.6. The van der Waals surface area contributed by atoms with Crippen molar-refractivity contribution in [3.63, 3.8) is 0 Å². The normalized spacial score (nSPS) is 22.9. The first-order valence-electron chi connectivity index (χ1n) is 6.78. The van der Waals surface area contributed by atoms with Gasteiger partial charge >= 0.3 is 6.18 Å². The number of carbonyl (C=O) groups excluding carboxylic acids is 1. The molecule has 1 aliphatic carbocycles. The Morgan fingerprint density at radius 2 is 1.90 bits per heavy atom. The van der Waals surface area contributed by atoms with Crippen LogP contribution in [0.25, 0.3) is 0 Å². The summed E-state index contributed by atoms with van der Waals surface area (Å²) in [5.41, 5.74) is 1.13. The fourth-order valence-corrected chi connectivity index (χ4v) is 2.77. The molecule has 7 heteroatoms. The van der Waals surface area contributed by atoms with Gasteiger partial charge in [0.05, 0.1) is 17.3 Å². The second-order valence-corrected chi connectivity index (χ2v) is 5.73. The molecule has 3 nitrogen and oxygen atoms in total. The summed E-state index contributed by atoms with van der Waals surface area (Å²) in [4.78, 5) is 16.1. The molecule has 0 unspecified atom stereocenters. The van der Waals surface area contributed by atoms with Gasteiger partial charge in [-0.15, -0.1) is 0 Å². The molecule has 0 bridgehead atoms. The number of carbonyl (C=O) groups is 1. The minimum atomic E-state index is -4.15. The van der Waals surface area contributed by atoms with Crippen molar-refractivity contribution in [2.75, 3.05) is 5.32 Å². The molecular weight excluding hydrogens is 305 g/mol. The minimum Gasteiger partial charge on any atom is -0.324 e. The quantitative estimate of drug-likeness (QED) is 0.823. The van der Waals surface area contributed by atoms with Gasteiger partial charge in [0.2, 0.25) is 5.91 Å². The lowest BCUT2D eigenvalue weighted by Gasteiger charge is -2.29. The Morgan fingerprint density at radius 1 is 1.29 bits per heavy atom. The van der Waals surface area contributed by atoms with Crippen molar-refractivity contribution >= 4 is 23.2 Å². The van der Waals surface area contributed by atoms with Crippen molar-refractivity contribution in [2.24, 2.45) is 11.8 Å². The van der Waals surface area contributed by atoms with E-state index in [-0.39, 0.29) is 37.5 Å². The van der Waals surface area contributed by atoms with Gasteiger partial charge in [0.25, 0.3) is 0 Å². The molecule has 1 aromatic heterocycles. The molecule has 1 saturated carbocycles. The van der Waals surface area contributed by atoms with Crippen LogP contribution in [0, 0.1) is 18.8 Å². The van der Waals surface area contributed by atoms with Crippen LogP contribution in [0.5, 0.6) is 0 Å². The van der Waals surface area contributed by atoms with Crippen LogP contribution < -0.4 is 5.32 Å². The van der Waals surface area contributed by atoms with Crippen LogP contribution in [0.2, 0.25) is 5.15 Å². The average molecular weight is 321 g/mol. The van der Waals surface area contributed by atoms with Crippen LogP contribution in [-0.4, -0.2) is 17.1 Å². The van der Waals surface area contributed by atoms with Crippen LogP contribution in [0.3, 0.4) is 0 Å². The highest BCUT2D eigenvalue weighted by molar-refractivity contribution is 6.29. The number of aryl methyl sites for hydroxylation is 1. The van der Waals surface area contributed by atoms with Crippen molar-refractivity contribution in [1.82, 2.24) is 4.98 Å². The predicted molar refractivity (Wildman–Crippen MR) is 74.1 cm³/mol. The van der Waals surface area contributed by atoms with Crippen molar-refractivity contribution in [1.29, 1.82) is 0 Å². The van der Waals surface area contributed by atoms with Crippen molar-refractivity contribution in [3.05, 3.63) is 23.0 Å². The molecular formula is C14H16ClF3N2O. The summed E-state index contributed by atoms with van der Waals surface area (Å²) < 4.78 is 37.8. The van der Waals surface area contributed by atoms with E-state index in [9.17, 15) is 18.0 Å². The lowest BCUT2D eigenvalue weighted by atomic mass is 9.81. The molecule has 0 spiro atoms. The van der Waals surface area contributed by atoms with Gasteiger partial charge in [0.15, 0.2) is 0 Å². The smallest absolute Gasteiger partial charge is 0.324 e. The van der Waals surface area contributed by atoms with E-state index in [1.54, 1.807) is 19.1 Å². The van der Waals surface area contributed by atoms with Gasteiger partial charge in [-0.2, -0.15) is 13.2 Å². The first-order valence-corrected chi connectivity index (χ1v) is 7.16. The molecule has 0 radical (unpaired) electrons. The Morgan fingerprint density at radius 3 is 2.43 bits per heavy atom. The van der Waals surface area contributed by atoms with E-state index in [0.717, 1.165) is 0 Å². The molecule has 1 heterocycles. The number of nitrogens with one attached hydrogen (secondary N) is 1. The monoisotopic (exact) mass is 320 g/mol. The number of nitrogens with zero attached hydrogens (tertiary/aromatic N) is 1. The highest BCUT2D eigenvalue weighted by Crippen LogP contribution is 2.39. The second kappa shape index (κ2) is 6.22. The number of aromatic nitrogens is 1. The molecule has 116 valence electrons. The molecule has 21 heavy (non-hydrogen) atoms. The van der Waals surface area contributed by atoms with E-state index in [1.165, 1.54) is 0 Å². The summed E-state index contributed by atoms with van der Waals surface area (Å²) in [7, 11) is 0. The number of alkyl halides is 3. The van der Waals surface area contributed by atoms with Gasteiger partial charge in [-0.25, -0.2) is 4.98 Å². The van der Waals surface area contributed by atoms with Gasteiger partial charge < -0.3 is 5.32 Å². The van der Waals surface area contributed by atoms with Crippen LogP contribution in [-0.2, 0) is 4.79 Å². The number of anilines is 1. The zero-order valence-corrected chi connectivity index (χ0v) is 12.3. The number of hydrogen-bond acceptors (Lipinski definition) is 2. The number of halogens is 4. The lowest BCUT2D eigenvalue weighted by molar-refractivity contribution is -0.184. The molecule has 1 aliphatic rings. The highest BCUT2D eigenvalue weighted by atomic mass is 35.5. The van der Waals surface area contributed by atoms with Gasteiger partial charge in [0.1, 0.15) is 5.15 Å². The zero-order valence-electron chi connectivity index (χ0n) is 11.5. The maximum Gasteiger partial charge on any atom is 0.391 e. The molecule has 0 atom stereocenters. The number of hydrogen-bond donors (Lipinski definition) is 1. The number of amides is 1. The first kappa shape index (κ1) is 16.1. The van der Waals surface area contributed by atoms with Gasteiger partial charge in [-0.05, 0) is 44.7 Å². The molecule has 2 rings (SSSR count). The third-order valence-corrected chi connectivity index (χ3v) is 4.08. The second-order valence-electron chi connectivity index (χ2n) is 5.35. The fraction of sp³-hybridized carbons (Fsp3) is 0.571. The van der Waals surface area contributed by atoms with Crippen molar-refractivity contribution in [3.8, 4) is 0 Å². The summed E-state index contributed by atoms with van der Waals surface area (Å²) in [6, 6.07) is 3.20. The van der Waals surface area contributed by atoms with E-state index in [2.05, 4.69) is 10.3 Å². The van der Waals surface area contributed by atoms with Gasteiger partial charge in [0, 0.05) is 5.92 Å². The highest BCUT2D eigenvalue weighted by Gasteiger charge is 2.42. The predicted octanol–water partition coefficient (Wildman–Crippen LogP) is 4.35. The topological polar surface area (TPSA) is 42.0 Å². The zero-order chi connectivity index (χ0) is 15.6. The lowest BCUT2D eigenvalue weighted by Crippen LogP contribution is -2.32. The molecule has 0 aliphatic heterocycles. The summed E-state index contributed by atoms with van der Waals surface area (Å²) in [6.45, 7) is 1.71. The van der Waals surface area contributed by atoms with E-state index >= 15 is 0 Å². The largest absolute Gasteiger partial charge is 0.391 e. The molecule has 0 aromatic carbocycles. The maximum atomic E-state index is 12.6. The van der Waals surface area contributed by atoms with E-state index in [1.807, 2.05) is 0 Å². The van der Waals surface area contributed by atoms with Gasteiger partial charge in [-0.3, -0.25) is 4.79 Å². The van der Waals surface area contributed by atoms with Crippen LogP contribution in [0.4, 0.5) is 18.9 Å².